The van der Waals surface area contributed by atoms with E-state index in [1.807, 2.05) is 30.3 Å². The highest BCUT2D eigenvalue weighted by Crippen LogP contribution is 2.31. The van der Waals surface area contributed by atoms with Crippen LogP contribution in [0.4, 0.5) is 11.4 Å². The highest BCUT2D eigenvalue weighted by atomic mass is 16.6. The Morgan fingerprint density at radius 1 is 1.14 bits per heavy atom. The summed E-state index contributed by atoms with van der Waals surface area (Å²) < 4.78 is 5.59. The molecule has 0 spiro atoms. The van der Waals surface area contributed by atoms with Crippen molar-refractivity contribution in [2.75, 3.05) is 18.5 Å². The zero-order valence-electron chi connectivity index (χ0n) is 14.7. The summed E-state index contributed by atoms with van der Waals surface area (Å²) in [4.78, 5) is 35.7. The fourth-order valence-corrected chi connectivity index (χ4v) is 2.65. The summed E-state index contributed by atoms with van der Waals surface area (Å²) in [6, 6.07) is 13.5. The Bertz CT molecular complexity index is 942. The number of ether oxygens (including phenoxy) is 1. The molecule has 9 nitrogen and oxygen atoms in total. The van der Waals surface area contributed by atoms with Crippen LogP contribution in [0, 0.1) is 10.1 Å². The smallest absolute Gasteiger partial charge is 0.296 e. The predicted octanol–water partition coefficient (Wildman–Crippen LogP) is 1.83. The number of anilines is 1. The minimum atomic E-state index is -0.655. The number of nitro benzene ring substituents is 1. The van der Waals surface area contributed by atoms with Crippen LogP contribution in [-0.4, -0.2) is 39.9 Å². The number of aliphatic hydroxyl groups excluding tert-OH is 1. The van der Waals surface area contributed by atoms with Crippen LogP contribution in [0.25, 0.3) is 0 Å². The SMILES string of the molecule is O=C1C=C(Nc2ccc(OCc3ccccc3)cc2[N+](=O)[O-])C(=O)N1CCO. The van der Waals surface area contributed by atoms with Gasteiger partial charge in [0.05, 0.1) is 24.1 Å². The Kier molecular flexibility index (Phi) is 5.66. The predicted molar refractivity (Wildman–Crippen MR) is 99.4 cm³/mol. The van der Waals surface area contributed by atoms with Crippen molar-refractivity contribution < 1.29 is 24.4 Å². The van der Waals surface area contributed by atoms with Gasteiger partial charge in [0.15, 0.2) is 0 Å². The average Bonchev–Trinajstić information content (AvgIpc) is 2.95. The van der Waals surface area contributed by atoms with E-state index in [0.717, 1.165) is 16.5 Å². The molecule has 1 aliphatic rings. The zero-order chi connectivity index (χ0) is 20.1. The van der Waals surface area contributed by atoms with E-state index in [2.05, 4.69) is 5.32 Å². The molecule has 0 aliphatic carbocycles. The molecule has 2 aromatic carbocycles. The lowest BCUT2D eigenvalue weighted by Gasteiger charge is -2.14. The maximum Gasteiger partial charge on any atom is 0.296 e. The topological polar surface area (TPSA) is 122 Å². The van der Waals surface area contributed by atoms with Crippen molar-refractivity contribution in [3.05, 3.63) is 76.0 Å². The van der Waals surface area contributed by atoms with Gasteiger partial charge in [-0.05, 0) is 17.7 Å². The summed E-state index contributed by atoms with van der Waals surface area (Å²) >= 11 is 0. The molecule has 2 N–H and O–H groups in total. The molecule has 144 valence electrons. The van der Waals surface area contributed by atoms with Gasteiger partial charge in [-0.3, -0.25) is 24.6 Å². The van der Waals surface area contributed by atoms with Crippen LogP contribution in [0.5, 0.6) is 5.75 Å². The van der Waals surface area contributed by atoms with Crippen molar-refractivity contribution in [1.29, 1.82) is 0 Å². The molecule has 0 atom stereocenters. The molecule has 9 heteroatoms. The van der Waals surface area contributed by atoms with Crippen molar-refractivity contribution in [2.45, 2.75) is 6.61 Å². The third-order valence-electron chi connectivity index (χ3n) is 4.02. The summed E-state index contributed by atoms with van der Waals surface area (Å²) in [7, 11) is 0. The molecule has 28 heavy (non-hydrogen) atoms. The van der Waals surface area contributed by atoms with E-state index in [9.17, 15) is 19.7 Å². The summed E-state index contributed by atoms with van der Waals surface area (Å²) in [5.74, 6) is -0.949. The number of hydrogen-bond acceptors (Lipinski definition) is 7. The van der Waals surface area contributed by atoms with E-state index in [4.69, 9.17) is 9.84 Å². The first kappa shape index (κ1) is 19.1. The molecular weight excluding hydrogens is 366 g/mol. The minimum Gasteiger partial charge on any atom is -0.489 e. The zero-order valence-corrected chi connectivity index (χ0v) is 14.7. The number of imide groups is 1. The number of nitrogens with zero attached hydrogens (tertiary/aromatic N) is 2. The number of hydrogen-bond donors (Lipinski definition) is 2. The van der Waals surface area contributed by atoms with Crippen LogP contribution >= 0.6 is 0 Å². The van der Waals surface area contributed by atoms with Gasteiger partial charge in [-0.25, -0.2) is 0 Å². The Labute approximate surface area is 160 Å². The van der Waals surface area contributed by atoms with Gasteiger partial charge >= 0.3 is 0 Å². The molecular formula is C19H17N3O6. The van der Waals surface area contributed by atoms with Gasteiger partial charge in [0.1, 0.15) is 23.7 Å². The van der Waals surface area contributed by atoms with Gasteiger partial charge in [-0.2, -0.15) is 0 Å². The number of nitrogens with one attached hydrogen (secondary N) is 1. The van der Waals surface area contributed by atoms with E-state index < -0.39 is 16.7 Å². The number of β-amino-alcohol motifs (C(OH)–C–C–N with tert-alkyl or cyclic N) is 1. The molecule has 2 amide bonds. The van der Waals surface area contributed by atoms with E-state index in [0.29, 0.717) is 5.75 Å². The Morgan fingerprint density at radius 2 is 1.89 bits per heavy atom. The Hall–Kier alpha value is -3.72. The minimum absolute atomic E-state index is 0.0512. The maximum atomic E-state index is 12.2. The summed E-state index contributed by atoms with van der Waals surface area (Å²) in [5.41, 5.74) is 0.568. The number of nitro groups is 1. The monoisotopic (exact) mass is 383 g/mol. The molecule has 0 saturated heterocycles. The first-order valence-corrected chi connectivity index (χ1v) is 8.40. The van der Waals surface area contributed by atoms with Gasteiger partial charge in [-0.1, -0.05) is 30.3 Å². The van der Waals surface area contributed by atoms with Gasteiger partial charge < -0.3 is 15.2 Å². The normalized spacial score (nSPS) is 13.5. The van der Waals surface area contributed by atoms with Crippen LogP contribution in [0.3, 0.4) is 0 Å². The van der Waals surface area contributed by atoms with Crippen LogP contribution < -0.4 is 10.1 Å². The highest BCUT2D eigenvalue weighted by Gasteiger charge is 2.31. The quantitative estimate of drug-likeness (QED) is 0.405. The first-order valence-electron chi connectivity index (χ1n) is 8.40. The lowest BCUT2D eigenvalue weighted by atomic mass is 10.2. The fourth-order valence-electron chi connectivity index (χ4n) is 2.65. The molecule has 0 fully saturated rings. The first-order chi connectivity index (χ1) is 13.5. The van der Waals surface area contributed by atoms with E-state index in [1.165, 1.54) is 18.2 Å². The van der Waals surface area contributed by atoms with E-state index >= 15 is 0 Å². The largest absolute Gasteiger partial charge is 0.489 e. The molecule has 1 heterocycles. The number of amides is 2. The third-order valence-corrected chi connectivity index (χ3v) is 4.02. The van der Waals surface area contributed by atoms with Gasteiger partial charge in [0.2, 0.25) is 0 Å². The number of carbonyl (C=O) groups excluding carboxylic acids is 2. The van der Waals surface area contributed by atoms with Crippen molar-refractivity contribution in [3.63, 3.8) is 0 Å². The number of rotatable bonds is 8. The molecule has 0 unspecified atom stereocenters. The van der Waals surface area contributed by atoms with Crippen molar-refractivity contribution in [3.8, 4) is 5.75 Å². The molecule has 3 rings (SSSR count). The van der Waals surface area contributed by atoms with Crippen molar-refractivity contribution >= 4 is 23.2 Å². The molecule has 0 aromatic heterocycles. The summed E-state index contributed by atoms with van der Waals surface area (Å²) in [6.45, 7) is -0.265. The maximum absolute atomic E-state index is 12.2. The standard InChI is InChI=1S/C19H17N3O6/c23-9-8-21-18(24)11-16(19(21)25)20-15-7-6-14(10-17(15)22(26)27)28-12-13-4-2-1-3-5-13/h1-7,10-11,20,23H,8-9,12H2. The Balaban J connectivity index is 1.77. The highest BCUT2D eigenvalue weighted by molar-refractivity contribution is 6.17. The second-order valence-electron chi connectivity index (χ2n) is 5.91. The van der Waals surface area contributed by atoms with Crippen molar-refractivity contribution in [1.82, 2.24) is 4.90 Å². The van der Waals surface area contributed by atoms with Crippen LogP contribution in [0.1, 0.15) is 5.56 Å². The summed E-state index contributed by atoms with van der Waals surface area (Å²) in [6.07, 6.45) is 1.04. The van der Waals surface area contributed by atoms with Crippen LogP contribution in [-0.2, 0) is 16.2 Å². The van der Waals surface area contributed by atoms with Gasteiger partial charge in [0.25, 0.3) is 17.5 Å². The van der Waals surface area contributed by atoms with Crippen LogP contribution in [0.15, 0.2) is 60.3 Å². The Morgan fingerprint density at radius 3 is 2.57 bits per heavy atom. The van der Waals surface area contributed by atoms with Crippen LogP contribution in [0.2, 0.25) is 0 Å². The van der Waals surface area contributed by atoms with Gasteiger partial charge in [-0.15, -0.1) is 0 Å². The molecule has 0 bridgehead atoms. The second kappa shape index (κ2) is 8.31. The molecule has 1 aliphatic heterocycles. The fraction of sp³-hybridized carbons (Fsp3) is 0.158. The summed E-state index contributed by atoms with van der Waals surface area (Å²) in [5, 5.41) is 23.0. The molecule has 2 aromatic rings. The molecule has 0 saturated carbocycles. The third kappa shape index (κ3) is 4.15. The van der Waals surface area contributed by atoms with Gasteiger partial charge in [0, 0.05) is 6.08 Å². The number of carbonyl (C=O) groups is 2. The van der Waals surface area contributed by atoms with E-state index in [-0.39, 0.29) is 36.8 Å². The average molecular weight is 383 g/mol. The van der Waals surface area contributed by atoms with E-state index in [1.54, 1.807) is 0 Å². The van der Waals surface area contributed by atoms with Crippen molar-refractivity contribution in [2.24, 2.45) is 0 Å². The second-order valence-corrected chi connectivity index (χ2v) is 5.91. The lowest BCUT2D eigenvalue weighted by Crippen LogP contribution is -2.34. The lowest BCUT2D eigenvalue weighted by molar-refractivity contribution is -0.384. The molecule has 0 radical (unpaired) electrons. The number of aliphatic hydroxyl groups is 1. The number of benzene rings is 2.